The third kappa shape index (κ3) is 4.71. The second-order valence-electron chi connectivity index (χ2n) is 9.01. The van der Waals surface area contributed by atoms with Gasteiger partial charge in [-0.15, -0.1) is 0 Å². The van der Waals surface area contributed by atoms with Gasteiger partial charge in [-0.25, -0.2) is 4.39 Å². The molecule has 2 N–H and O–H groups in total. The van der Waals surface area contributed by atoms with E-state index in [9.17, 15) is 4.39 Å². The van der Waals surface area contributed by atoms with Crippen molar-refractivity contribution in [2.24, 2.45) is 0 Å². The van der Waals surface area contributed by atoms with Crippen LogP contribution < -0.4 is 5.32 Å². The molecule has 0 atom stereocenters. The summed E-state index contributed by atoms with van der Waals surface area (Å²) < 4.78 is 13.7. The van der Waals surface area contributed by atoms with Crippen molar-refractivity contribution in [1.82, 2.24) is 30.0 Å². The molecule has 0 unspecified atom stereocenters. The van der Waals surface area contributed by atoms with Gasteiger partial charge < -0.3 is 10.2 Å². The zero-order valence-electron chi connectivity index (χ0n) is 20.4. The number of nitrogens with zero attached hydrogens (tertiary/aromatic N) is 5. The van der Waals surface area contributed by atoms with Gasteiger partial charge in [-0.05, 0) is 62.0 Å². The summed E-state index contributed by atoms with van der Waals surface area (Å²) in [4.78, 5) is 14.8. The highest BCUT2D eigenvalue weighted by molar-refractivity contribution is 5.95. The number of benzene rings is 1. The molecule has 0 aliphatic heterocycles. The molecule has 0 aliphatic rings. The van der Waals surface area contributed by atoms with Crippen LogP contribution in [-0.2, 0) is 6.54 Å². The molecule has 8 heteroatoms. The number of fused-ring (bicyclic) bond motifs is 1. The number of hydrogen-bond donors (Lipinski definition) is 2. The molecule has 4 aromatic heterocycles. The predicted octanol–water partition coefficient (Wildman–Crippen LogP) is 5.67. The number of rotatable bonds is 7. The van der Waals surface area contributed by atoms with Gasteiger partial charge in [0.2, 0.25) is 0 Å². The van der Waals surface area contributed by atoms with Gasteiger partial charge in [0.1, 0.15) is 11.5 Å². The first kappa shape index (κ1) is 23.3. The fourth-order valence-corrected chi connectivity index (χ4v) is 4.24. The highest BCUT2D eigenvalue weighted by Gasteiger charge is 2.14. The Morgan fingerprint density at radius 1 is 0.944 bits per heavy atom. The Morgan fingerprint density at radius 2 is 1.72 bits per heavy atom. The van der Waals surface area contributed by atoms with E-state index in [-0.39, 0.29) is 0 Å². The van der Waals surface area contributed by atoms with Gasteiger partial charge in [0.15, 0.2) is 0 Å². The molecule has 0 radical (unpaired) electrons. The molecule has 0 spiro atoms. The highest BCUT2D eigenvalue weighted by Crippen LogP contribution is 2.32. The minimum absolute atomic E-state index is 0.393. The van der Waals surface area contributed by atoms with Crippen LogP contribution in [0.3, 0.4) is 0 Å². The highest BCUT2D eigenvalue weighted by atomic mass is 19.1. The van der Waals surface area contributed by atoms with Gasteiger partial charge in [-0.2, -0.15) is 5.10 Å². The van der Waals surface area contributed by atoms with E-state index in [1.165, 1.54) is 12.3 Å². The first-order valence-corrected chi connectivity index (χ1v) is 11.5. The van der Waals surface area contributed by atoms with Gasteiger partial charge >= 0.3 is 0 Å². The van der Waals surface area contributed by atoms with Crippen LogP contribution in [0.4, 0.5) is 10.1 Å². The Labute approximate surface area is 208 Å². The largest absolute Gasteiger partial charge is 0.353 e. The summed E-state index contributed by atoms with van der Waals surface area (Å²) in [5.41, 5.74) is 8.59. The molecule has 5 rings (SSSR count). The second kappa shape index (κ2) is 9.67. The molecular formula is C28H26FN7. The van der Waals surface area contributed by atoms with Gasteiger partial charge in [0.25, 0.3) is 0 Å². The molecule has 1 aromatic carbocycles. The molecule has 5 aromatic rings. The zero-order chi connectivity index (χ0) is 25.2. The van der Waals surface area contributed by atoms with E-state index < -0.39 is 5.82 Å². The molecule has 4 heterocycles. The number of H-pyrrole nitrogens is 1. The summed E-state index contributed by atoms with van der Waals surface area (Å²) in [6.45, 7) is 7.01. The van der Waals surface area contributed by atoms with Crippen LogP contribution in [0.5, 0.6) is 0 Å². The third-order valence-corrected chi connectivity index (χ3v) is 5.99. The van der Waals surface area contributed by atoms with Crippen LogP contribution in [0.2, 0.25) is 0 Å². The van der Waals surface area contributed by atoms with Crippen LogP contribution >= 0.6 is 0 Å². The van der Waals surface area contributed by atoms with Gasteiger partial charge in [0.05, 0.1) is 29.3 Å². The van der Waals surface area contributed by atoms with Gasteiger partial charge in [0, 0.05) is 53.4 Å². The summed E-state index contributed by atoms with van der Waals surface area (Å²) in [5.74, 6) is -0.393. The number of aromatic nitrogens is 5. The summed E-state index contributed by atoms with van der Waals surface area (Å²) in [6.07, 6.45) is 9.99. The SMILES string of the molecule is C=C(Nc1cncc(-c2cncc(F)c2)c1C)c1n[nH]c2ccc(-c3cncc(CN(C)C)c3)cc12. The summed E-state index contributed by atoms with van der Waals surface area (Å²) >= 11 is 0. The predicted molar refractivity (Wildman–Crippen MR) is 142 cm³/mol. The smallest absolute Gasteiger partial charge is 0.142 e. The molecule has 0 bridgehead atoms. The van der Waals surface area contributed by atoms with E-state index in [4.69, 9.17) is 0 Å². The first-order valence-electron chi connectivity index (χ1n) is 11.5. The van der Waals surface area contributed by atoms with Crippen molar-refractivity contribution in [2.45, 2.75) is 13.5 Å². The Bertz CT molecular complexity index is 1570. The number of anilines is 1. The minimum Gasteiger partial charge on any atom is -0.353 e. The van der Waals surface area contributed by atoms with Crippen LogP contribution in [0.25, 0.3) is 38.9 Å². The topological polar surface area (TPSA) is 82.6 Å². The average Bonchev–Trinajstić information content (AvgIpc) is 3.28. The maximum absolute atomic E-state index is 13.7. The van der Waals surface area contributed by atoms with E-state index in [1.54, 1.807) is 18.6 Å². The van der Waals surface area contributed by atoms with E-state index in [0.29, 0.717) is 17.0 Å². The van der Waals surface area contributed by atoms with E-state index >= 15 is 0 Å². The van der Waals surface area contributed by atoms with Crippen LogP contribution in [0.1, 0.15) is 16.8 Å². The molecule has 180 valence electrons. The van der Waals surface area contributed by atoms with Crippen molar-refractivity contribution < 1.29 is 4.39 Å². The van der Waals surface area contributed by atoms with Crippen molar-refractivity contribution in [3.05, 3.63) is 96.7 Å². The molecule has 0 saturated carbocycles. The number of hydrogen-bond acceptors (Lipinski definition) is 6. The normalized spacial score (nSPS) is 11.2. The monoisotopic (exact) mass is 479 g/mol. The van der Waals surface area contributed by atoms with Crippen molar-refractivity contribution in [2.75, 3.05) is 19.4 Å². The lowest BCUT2D eigenvalue weighted by Gasteiger charge is -2.14. The fraction of sp³-hybridized carbons (Fsp3) is 0.143. The summed E-state index contributed by atoms with van der Waals surface area (Å²) in [6, 6.07) is 9.76. The lowest BCUT2D eigenvalue weighted by Crippen LogP contribution is -2.10. The quantitative estimate of drug-likeness (QED) is 0.313. The van der Waals surface area contributed by atoms with Gasteiger partial charge in [-0.3, -0.25) is 20.1 Å². The van der Waals surface area contributed by atoms with E-state index in [0.717, 1.165) is 51.0 Å². The van der Waals surface area contributed by atoms with Crippen LogP contribution in [0, 0.1) is 12.7 Å². The van der Waals surface area contributed by atoms with Crippen LogP contribution in [-0.4, -0.2) is 44.1 Å². The number of halogens is 1. The summed E-state index contributed by atoms with van der Waals surface area (Å²) in [5, 5.41) is 11.9. The van der Waals surface area contributed by atoms with Crippen molar-refractivity contribution in [1.29, 1.82) is 0 Å². The Balaban J connectivity index is 1.46. The average molecular weight is 480 g/mol. The van der Waals surface area contributed by atoms with Gasteiger partial charge in [-0.1, -0.05) is 12.6 Å². The Morgan fingerprint density at radius 3 is 2.53 bits per heavy atom. The Hall–Kier alpha value is -4.43. The standard InChI is InChI=1S/C28H26FN7/c1-17-25(22-8-23(29)13-31-12-22)14-32-15-27(17)33-18(2)28-24-9-20(5-6-26(24)34-35-28)21-7-19(10-30-11-21)16-36(3)4/h5-15,33H,2,16H2,1,3-4H3,(H,34,35). The lowest BCUT2D eigenvalue weighted by molar-refractivity contribution is 0.402. The summed E-state index contributed by atoms with van der Waals surface area (Å²) in [7, 11) is 4.08. The molecule has 0 fully saturated rings. The number of pyridine rings is 3. The van der Waals surface area contributed by atoms with E-state index in [1.807, 2.05) is 39.5 Å². The van der Waals surface area contributed by atoms with Crippen molar-refractivity contribution >= 4 is 22.3 Å². The molecule has 7 nitrogen and oxygen atoms in total. The van der Waals surface area contributed by atoms with E-state index in [2.05, 4.69) is 60.1 Å². The lowest BCUT2D eigenvalue weighted by atomic mass is 10.0. The molecule has 0 saturated heterocycles. The number of nitrogens with one attached hydrogen (secondary N) is 2. The van der Waals surface area contributed by atoms with Crippen molar-refractivity contribution in [3.8, 4) is 22.3 Å². The molecule has 36 heavy (non-hydrogen) atoms. The van der Waals surface area contributed by atoms with Crippen LogP contribution in [0.15, 0.2) is 74.1 Å². The molecular weight excluding hydrogens is 453 g/mol. The Kier molecular flexibility index (Phi) is 6.26. The third-order valence-electron chi connectivity index (χ3n) is 5.99. The zero-order valence-corrected chi connectivity index (χ0v) is 20.4. The molecule has 0 amide bonds. The number of aromatic amines is 1. The fourth-order valence-electron chi connectivity index (χ4n) is 4.24. The molecule has 0 aliphatic carbocycles. The first-order chi connectivity index (χ1) is 17.4. The minimum atomic E-state index is -0.393. The van der Waals surface area contributed by atoms with Crippen molar-refractivity contribution in [3.63, 3.8) is 0 Å². The second-order valence-corrected chi connectivity index (χ2v) is 9.01. The maximum Gasteiger partial charge on any atom is 0.142 e. The maximum atomic E-state index is 13.7.